The number of hydrogen-bond donors (Lipinski definition) is 0. The predicted molar refractivity (Wildman–Crippen MR) is 105 cm³/mol. The molecule has 1 aromatic heterocycles. The summed E-state index contributed by atoms with van der Waals surface area (Å²) in [6.45, 7) is 1.96. The lowest BCUT2D eigenvalue weighted by atomic mass is 10.2. The summed E-state index contributed by atoms with van der Waals surface area (Å²) < 4.78 is 15.4. The molecule has 0 N–H and O–H groups in total. The molecule has 1 aliphatic heterocycles. The summed E-state index contributed by atoms with van der Waals surface area (Å²) in [6, 6.07) is 14.2. The van der Waals surface area contributed by atoms with Crippen molar-refractivity contribution in [3.63, 3.8) is 0 Å². The van der Waals surface area contributed by atoms with Crippen molar-refractivity contribution in [3.05, 3.63) is 82.4 Å². The number of halogens is 1. The van der Waals surface area contributed by atoms with E-state index in [1.807, 2.05) is 4.90 Å². The van der Waals surface area contributed by atoms with E-state index >= 15 is 0 Å². The quantitative estimate of drug-likeness (QED) is 0.501. The number of benzene rings is 2. The van der Waals surface area contributed by atoms with Gasteiger partial charge in [0.1, 0.15) is 5.82 Å². The molecule has 0 saturated carbocycles. The molecule has 29 heavy (non-hydrogen) atoms. The second-order valence-electron chi connectivity index (χ2n) is 6.65. The molecular formula is C20H18FN5O3. The van der Waals surface area contributed by atoms with Crippen molar-refractivity contribution in [1.82, 2.24) is 14.7 Å². The number of nitro groups is 1. The highest BCUT2D eigenvalue weighted by molar-refractivity contribution is 5.92. The maximum absolute atomic E-state index is 14.0. The van der Waals surface area contributed by atoms with Crippen LogP contribution >= 0.6 is 0 Å². The normalized spacial score (nSPS) is 14.1. The van der Waals surface area contributed by atoms with Crippen molar-refractivity contribution in [2.24, 2.45) is 0 Å². The number of rotatable bonds is 4. The molecular weight excluding hydrogens is 377 g/mol. The van der Waals surface area contributed by atoms with E-state index in [2.05, 4.69) is 5.10 Å². The summed E-state index contributed by atoms with van der Waals surface area (Å²) >= 11 is 0. The summed E-state index contributed by atoms with van der Waals surface area (Å²) in [4.78, 5) is 26.8. The molecule has 148 valence electrons. The van der Waals surface area contributed by atoms with E-state index in [1.54, 1.807) is 47.5 Å². The van der Waals surface area contributed by atoms with Gasteiger partial charge in [-0.05, 0) is 24.3 Å². The van der Waals surface area contributed by atoms with Gasteiger partial charge in [0, 0.05) is 44.5 Å². The van der Waals surface area contributed by atoms with Crippen molar-refractivity contribution < 1.29 is 14.1 Å². The molecule has 3 aromatic rings. The van der Waals surface area contributed by atoms with Gasteiger partial charge >= 0.3 is 0 Å². The molecule has 8 nitrogen and oxygen atoms in total. The van der Waals surface area contributed by atoms with Gasteiger partial charge in [0.25, 0.3) is 11.6 Å². The van der Waals surface area contributed by atoms with E-state index in [0.29, 0.717) is 37.6 Å². The minimum atomic E-state index is -0.478. The van der Waals surface area contributed by atoms with Crippen molar-refractivity contribution in [1.29, 1.82) is 0 Å². The van der Waals surface area contributed by atoms with Gasteiger partial charge in [-0.1, -0.05) is 18.2 Å². The van der Waals surface area contributed by atoms with E-state index in [0.717, 1.165) is 0 Å². The summed E-state index contributed by atoms with van der Waals surface area (Å²) in [7, 11) is 0. The summed E-state index contributed by atoms with van der Waals surface area (Å²) in [6.07, 6.45) is 1.60. The van der Waals surface area contributed by atoms with Crippen LogP contribution in [0.15, 0.2) is 60.8 Å². The lowest BCUT2D eigenvalue weighted by Gasteiger charge is -2.35. The fraction of sp³-hybridized carbons (Fsp3) is 0.200. The van der Waals surface area contributed by atoms with Gasteiger partial charge in [0.15, 0.2) is 5.69 Å². The van der Waals surface area contributed by atoms with E-state index in [4.69, 9.17) is 0 Å². The first-order valence-corrected chi connectivity index (χ1v) is 9.12. The number of piperazine rings is 1. The average molecular weight is 395 g/mol. The molecule has 0 spiro atoms. The Bertz CT molecular complexity index is 1060. The van der Waals surface area contributed by atoms with Crippen LogP contribution in [-0.2, 0) is 0 Å². The smallest absolute Gasteiger partial charge is 0.274 e. The van der Waals surface area contributed by atoms with E-state index in [9.17, 15) is 19.3 Å². The summed E-state index contributed by atoms with van der Waals surface area (Å²) in [5, 5.41) is 15.2. The fourth-order valence-electron chi connectivity index (χ4n) is 3.35. The van der Waals surface area contributed by atoms with Crippen LogP contribution in [0, 0.1) is 15.9 Å². The van der Waals surface area contributed by atoms with Gasteiger partial charge in [-0.25, -0.2) is 9.07 Å². The number of hydrogen-bond acceptors (Lipinski definition) is 5. The van der Waals surface area contributed by atoms with Crippen LogP contribution in [0.5, 0.6) is 0 Å². The number of nitrogens with zero attached hydrogens (tertiary/aromatic N) is 5. The zero-order chi connectivity index (χ0) is 20.4. The second kappa shape index (κ2) is 7.70. The fourth-order valence-corrected chi connectivity index (χ4v) is 3.35. The van der Waals surface area contributed by atoms with Gasteiger partial charge < -0.3 is 9.80 Å². The number of amides is 1. The van der Waals surface area contributed by atoms with Crippen molar-refractivity contribution in [2.45, 2.75) is 0 Å². The predicted octanol–water partition coefficient (Wildman–Crippen LogP) is 2.88. The topological polar surface area (TPSA) is 84.5 Å². The lowest BCUT2D eigenvalue weighted by Crippen LogP contribution is -2.49. The molecule has 2 heterocycles. The molecule has 0 atom stereocenters. The third-order valence-corrected chi connectivity index (χ3v) is 4.87. The molecule has 1 saturated heterocycles. The Labute approximate surface area is 165 Å². The monoisotopic (exact) mass is 395 g/mol. The number of carbonyl (C=O) groups excluding carboxylic acids is 1. The van der Waals surface area contributed by atoms with Crippen LogP contribution in [0.25, 0.3) is 5.69 Å². The van der Waals surface area contributed by atoms with Crippen molar-refractivity contribution in [3.8, 4) is 5.69 Å². The molecule has 0 aliphatic carbocycles. The molecule has 0 unspecified atom stereocenters. The Kier molecular flexibility index (Phi) is 4.94. The number of anilines is 1. The van der Waals surface area contributed by atoms with Gasteiger partial charge in [-0.3, -0.25) is 14.9 Å². The van der Waals surface area contributed by atoms with E-state index in [-0.39, 0.29) is 23.1 Å². The van der Waals surface area contributed by atoms with Crippen molar-refractivity contribution in [2.75, 3.05) is 31.1 Å². The van der Waals surface area contributed by atoms with Crippen LogP contribution in [-0.4, -0.2) is 51.7 Å². The average Bonchev–Trinajstić information content (AvgIpc) is 3.24. The molecule has 0 radical (unpaired) electrons. The standard InChI is InChI=1S/C20H18FN5O3/c21-17-6-1-2-7-19(17)23-10-12-24(13-11-23)20(27)18-8-9-25(22-18)15-4-3-5-16(14-15)26(28)29/h1-9,14H,10-13H2. The van der Waals surface area contributed by atoms with Gasteiger partial charge in [0.2, 0.25) is 0 Å². The zero-order valence-electron chi connectivity index (χ0n) is 15.4. The molecule has 2 aromatic carbocycles. The number of carbonyl (C=O) groups is 1. The SMILES string of the molecule is O=C(c1ccn(-c2cccc([N+](=O)[O-])c2)n1)N1CCN(c2ccccc2F)CC1. The number of nitro benzene ring substituents is 1. The maximum Gasteiger partial charge on any atom is 0.274 e. The van der Waals surface area contributed by atoms with Crippen LogP contribution in [0.4, 0.5) is 15.8 Å². The highest BCUT2D eigenvalue weighted by Gasteiger charge is 2.25. The van der Waals surface area contributed by atoms with Crippen LogP contribution in [0.2, 0.25) is 0 Å². The zero-order valence-corrected chi connectivity index (χ0v) is 15.4. The Morgan fingerprint density at radius 1 is 1.03 bits per heavy atom. The largest absolute Gasteiger partial charge is 0.366 e. The van der Waals surface area contributed by atoms with Crippen LogP contribution in [0.1, 0.15) is 10.5 Å². The molecule has 1 aliphatic rings. The molecule has 4 rings (SSSR count). The summed E-state index contributed by atoms with van der Waals surface area (Å²) in [5.41, 5.74) is 1.25. The van der Waals surface area contributed by atoms with Gasteiger partial charge in [0.05, 0.1) is 16.3 Å². The Morgan fingerprint density at radius 2 is 1.79 bits per heavy atom. The highest BCUT2D eigenvalue weighted by atomic mass is 19.1. The molecule has 1 amide bonds. The number of para-hydroxylation sites is 1. The van der Waals surface area contributed by atoms with E-state index < -0.39 is 4.92 Å². The third-order valence-electron chi connectivity index (χ3n) is 4.87. The Morgan fingerprint density at radius 3 is 2.52 bits per heavy atom. The van der Waals surface area contributed by atoms with Crippen LogP contribution < -0.4 is 4.90 Å². The van der Waals surface area contributed by atoms with Gasteiger partial charge in [-0.2, -0.15) is 5.10 Å². The highest BCUT2D eigenvalue weighted by Crippen LogP contribution is 2.21. The minimum Gasteiger partial charge on any atom is -0.366 e. The molecule has 1 fully saturated rings. The maximum atomic E-state index is 14.0. The van der Waals surface area contributed by atoms with Crippen molar-refractivity contribution >= 4 is 17.3 Å². The second-order valence-corrected chi connectivity index (χ2v) is 6.65. The third kappa shape index (κ3) is 3.79. The van der Waals surface area contributed by atoms with Gasteiger partial charge in [-0.15, -0.1) is 0 Å². The number of aromatic nitrogens is 2. The first kappa shape index (κ1) is 18.6. The molecule has 0 bridgehead atoms. The first-order valence-electron chi connectivity index (χ1n) is 9.12. The Hall–Kier alpha value is -3.75. The van der Waals surface area contributed by atoms with Crippen LogP contribution in [0.3, 0.4) is 0 Å². The van der Waals surface area contributed by atoms with E-state index in [1.165, 1.54) is 22.9 Å². The first-order chi connectivity index (χ1) is 14.0. The minimum absolute atomic E-state index is 0.0462. The molecule has 9 heteroatoms. The number of non-ortho nitro benzene ring substituents is 1. The summed E-state index contributed by atoms with van der Waals surface area (Å²) in [5.74, 6) is -0.495. The Balaban J connectivity index is 1.44. The lowest BCUT2D eigenvalue weighted by molar-refractivity contribution is -0.384.